The van der Waals surface area contributed by atoms with Gasteiger partial charge in [0, 0.05) is 11.3 Å². The van der Waals surface area contributed by atoms with Gasteiger partial charge in [0.2, 0.25) is 0 Å². The van der Waals surface area contributed by atoms with Crippen molar-refractivity contribution in [1.29, 1.82) is 0 Å². The highest BCUT2D eigenvalue weighted by atomic mass is 16.3. The van der Waals surface area contributed by atoms with Gasteiger partial charge in [0.1, 0.15) is 5.78 Å². The molecule has 2 heteroatoms. The van der Waals surface area contributed by atoms with Crippen LogP contribution in [0, 0.1) is 34.5 Å². The molecule has 0 saturated heterocycles. The van der Waals surface area contributed by atoms with Crippen LogP contribution in [-0.2, 0) is 4.79 Å². The third kappa shape index (κ3) is 1.79. The third-order valence-electron chi connectivity index (χ3n) is 8.09. The second-order valence-corrected chi connectivity index (χ2v) is 9.11. The van der Waals surface area contributed by atoms with Crippen molar-refractivity contribution < 1.29 is 9.90 Å². The van der Waals surface area contributed by atoms with Crippen LogP contribution in [0.2, 0.25) is 0 Å². The van der Waals surface area contributed by atoms with E-state index in [0.717, 1.165) is 44.4 Å². The Morgan fingerprint density at radius 2 is 1.86 bits per heavy atom. The van der Waals surface area contributed by atoms with Crippen molar-refractivity contribution in [3.05, 3.63) is 11.6 Å². The quantitative estimate of drug-likeness (QED) is 0.683. The number of allylic oxidation sites excluding steroid dienone is 1. The molecule has 3 fully saturated rings. The summed E-state index contributed by atoms with van der Waals surface area (Å²) in [6, 6.07) is 0. The Balaban J connectivity index is 1.70. The van der Waals surface area contributed by atoms with Crippen molar-refractivity contribution in [3.63, 3.8) is 0 Å². The summed E-state index contributed by atoms with van der Waals surface area (Å²) < 4.78 is 0. The molecule has 0 spiro atoms. The van der Waals surface area contributed by atoms with Crippen molar-refractivity contribution in [1.82, 2.24) is 0 Å². The van der Waals surface area contributed by atoms with E-state index >= 15 is 0 Å². The van der Waals surface area contributed by atoms with Gasteiger partial charge < -0.3 is 5.11 Å². The van der Waals surface area contributed by atoms with Crippen molar-refractivity contribution in [2.24, 2.45) is 34.5 Å². The lowest BCUT2D eigenvalue weighted by atomic mass is 9.48. The zero-order valence-corrected chi connectivity index (χ0v) is 14.3. The van der Waals surface area contributed by atoms with Gasteiger partial charge in [-0.1, -0.05) is 32.4 Å². The Hall–Kier alpha value is -0.630. The molecule has 0 aromatic carbocycles. The average Bonchev–Trinajstić information content (AvgIpc) is 2.72. The molecule has 0 heterocycles. The number of rotatable bonds is 0. The molecule has 3 saturated carbocycles. The van der Waals surface area contributed by atoms with Gasteiger partial charge in [-0.2, -0.15) is 0 Å². The molecule has 2 unspecified atom stereocenters. The van der Waals surface area contributed by atoms with Crippen LogP contribution >= 0.6 is 0 Å². The van der Waals surface area contributed by atoms with E-state index in [1.807, 2.05) is 0 Å². The van der Waals surface area contributed by atoms with Gasteiger partial charge in [-0.25, -0.2) is 0 Å². The molecule has 1 N–H and O–H groups in total. The molecule has 0 aromatic rings. The maximum Gasteiger partial charge on any atom is 0.141 e. The van der Waals surface area contributed by atoms with Crippen molar-refractivity contribution >= 4 is 5.78 Å². The number of Topliss-reactive ketones (excluding diaryl/α,β-unsaturated/α-hetero) is 1. The van der Waals surface area contributed by atoms with Crippen molar-refractivity contribution in [2.45, 2.75) is 71.8 Å². The highest BCUT2D eigenvalue weighted by Crippen LogP contribution is 2.64. The highest BCUT2D eigenvalue weighted by molar-refractivity contribution is 5.89. The van der Waals surface area contributed by atoms with E-state index in [4.69, 9.17) is 0 Å². The van der Waals surface area contributed by atoms with Gasteiger partial charge in [-0.05, 0) is 68.1 Å². The molecule has 2 nitrogen and oxygen atoms in total. The van der Waals surface area contributed by atoms with Gasteiger partial charge in [0.25, 0.3) is 0 Å². The van der Waals surface area contributed by atoms with E-state index < -0.39 is 0 Å². The van der Waals surface area contributed by atoms with Crippen molar-refractivity contribution in [2.75, 3.05) is 0 Å². The van der Waals surface area contributed by atoms with Gasteiger partial charge in [0.05, 0.1) is 6.10 Å². The molecule has 4 aliphatic carbocycles. The first-order valence-electron chi connectivity index (χ1n) is 9.28. The topological polar surface area (TPSA) is 37.3 Å². The van der Waals surface area contributed by atoms with Crippen LogP contribution in [-0.4, -0.2) is 17.0 Å². The summed E-state index contributed by atoms with van der Waals surface area (Å²) >= 11 is 0. The largest absolute Gasteiger partial charge is 0.393 e. The smallest absolute Gasteiger partial charge is 0.141 e. The SMILES string of the molecule is CC1C[C@H]2[C@@H]3CC=C4CC(O)CC[C@]4(C)[C@@H]3CC[C@]2(C)C1=O. The lowest BCUT2D eigenvalue weighted by Gasteiger charge is -2.56. The van der Waals surface area contributed by atoms with Crippen LogP contribution < -0.4 is 0 Å². The monoisotopic (exact) mass is 302 g/mol. The zero-order chi connectivity index (χ0) is 15.7. The zero-order valence-electron chi connectivity index (χ0n) is 14.3. The summed E-state index contributed by atoms with van der Waals surface area (Å²) in [7, 11) is 0. The van der Waals surface area contributed by atoms with Gasteiger partial charge in [-0.3, -0.25) is 4.79 Å². The third-order valence-corrected chi connectivity index (χ3v) is 8.09. The summed E-state index contributed by atoms with van der Waals surface area (Å²) in [5.41, 5.74) is 1.77. The normalized spacial score (nSPS) is 54.3. The first kappa shape index (κ1) is 14.9. The standard InChI is InChI=1S/C20H30O2/c1-12-10-17-15-5-4-13-11-14(21)6-8-19(13,2)16(15)7-9-20(17,3)18(12)22/h4,12,14-17,21H,5-11H2,1-3H3/t12?,14?,15-,16-,17+,19+,20+/m1/s1. The highest BCUT2D eigenvalue weighted by Gasteiger charge is 2.60. The fourth-order valence-corrected chi connectivity index (χ4v) is 6.75. The molecule has 122 valence electrons. The fourth-order valence-electron chi connectivity index (χ4n) is 6.75. The second-order valence-electron chi connectivity index (χ2n) is 9.11. The maximum absolute atomic E-state index is 12.7. The molecule has 0 aliphatic heterocycles. The first-order chi connectivity index (χ1) is 10.4. The van der Waals surface area contributed by atoms with Gasteiger partial charge >= 0.3 is 0 Å². The van der Waals surface area contributed by atoms with E-state index in [1.165, 1.54) is 12.0 Å². The Kier molecular flexibility index (Phi) is 3.18. The molecule has 4 aliphatic rings. The van der Waals surface area contributed by atoms with Crippen LogP contribution in [0.4, 0.5) is 0 Å². The average molecular weight is 302 g/mol. The summed E-state index contributed by atoms with van der Waals surface area (Å²) in [5.74, 6) is 2.82. The molecule has 0 amide bonds. The number of carbonyl (C=O) groups is 1. The van der Waals surface area contributed by atoms with E-state index in [1.54, 1.807) is 0 Å². The van der Waals surface area contributed by atoms with Crippen LogP contribution in [0.25, 0.3) is 0 Å². The van der Waals surface area contributed by atoms with Crippen LogP contribution in [0.1, 0.15) is 65.7 Å². The van der Waals surface area contributed by atoms with E-state index in [9.17, 15) is 9.90 Å². The number of hydrogen-bond acceptors (Lipinski definition) is 2. The van der Waals surface area contributed by atoms with Gasteiger partial charge in [-0.15, -0.1) is 0 Å². The molecule has 0 aromatic heterocycles. The molecular weight excluding hydrogens is 272 g/mol. The molecule has 7 atom stereocenters. The fraction of sp³-hybridized carbons (Fsp3) is 0.850. The van der Waals surface area contributed by atoms with Gasteiger partial charge in [0.15, 0.2) is 0 Å². The predicted octanol–water partition coefficient (Wildman–Crippen LogP) is 4.13. The van der Waals surface area contributed by atoms with Crippen LogP contribution in [0.3, 0.4) is 0 Å². The van der Waals surface area contributed by atoms with E-state index in [-0.39, 0.29) is 17.4 Å². The second kappa shape index (κ2) is 4.69. The lowest BCUT2D eigenvalue weighted by Crippen LogP contribution is -2.50. The lowest BCUT2D eigenvalue weighted by molar-refractivity contribution is -0.133. The predicted molar refractivity (Wildman–Crippen MR) is 87.3 cm³/mol. The van der Waals surface area contributed by atoms with Crippen molar-refractivity contribution in [3.8, 4) is 0 Å². The summed E-state index contributed by atoms with van der Waals surface area (Å²) in [4.78, 5) is 12.7. The minimum Gasteiger partial charge on any atom is -0.393 e. The summed E-state index contributed by atoms with van der Waals surface area (Å²) in [6.07, 6.45) is 9.84. The number of fused-ring (bicyclic) bond motifs is 5. The number of ketones is 1. The minimum atomic E-state index is -0.127. The minimum absolute atomic E-state index is 0.0452. The Morgan fingerprint density at radius 1 is 1.14 bits per heavy atom. The Labute approximate surface area is 134 Å². The number of aliphatic hydroxyl groups excluding tert-OH is 1. The molecular formula is C20H30O2. The molecule has 0 radical (unpaired) electrons. The van der Waals surface area contributed by atoms with E-state index in [0.29, 0.717) is 23.0 Å². The number of carbonyl (C=O) groups excluding carboxylic acids is 1. The Morgan fingerprint density at radius 3 is 2.64 bits per heavy atom. The molecule has 22 heavy (non-hydrogen) atoms. The molecule has 4 rings (SSSR count). The number of aliphatic hydroxyl groups is 1. The van der Waals surface area contributed by atoms with E-state index in [2.05, 4.69) is 26.8 Å². The summed E-state index contributed by atoms with van der Waals surface area (Å²) in [6.45, 7) is 6.85. The maximum atomic E-state index is 12.7. The van der Waals surface area contributed by atoms with Crippen LogP contribution in [0.5, 0.6) is 0 Å². The Bertz CT molecular complexity index is 536. The summed E-state index contributed by atoms with van der Waals surface area (Å²) in [5, 5.41) is 10.0. The number of hydrogen-bond donors (Lipinski definition) is 1. The van der Waals surface area contributed by atoms with Crippen LogP contribution in [0.15, 0.2) is 11.6 Å². The molecule has 0 bridgehead atoms. The first-order valence-corrected chi connectivity index (χ1v) is 9.28.